The maximum Gasteiger partial charge on any atom is 0.241 e. The number of aliphatic hydroxyl groups excluding tert-OH is 1. The molecule has 116 valence electrons. The second-order valence-corrected chi connectivity index (χ2v) is 6.56. The number of sulfonamides is 1. The molecule has 0 saturated carbocycles. The Morgan fingerprint density at radius 3 is 2.67 bits per heavy atom. The first-order valence-corrected chi connectivity index (χ1v) is 8.29. The van der Waals surface area contributed by atoms with Crippen LogP contribution in [0.25, 0.3) is 0 Å². The maximum atomic E-state index is 12.3. The summed E-state index contributed by atoms with van der Waals surface area (Å²) in [6.07, 6.45) is 1.06. The van der Waals surface area contributed by atoms with Gasteiger partial charge in [-0.3, -0.25) is 0 Å². The summed E-state index contributed by atoms with van der Waals surface area (Å²) < 4.78 is 27.2. The van der Waals surface area contributed by atoms with Crippen molar-refractivity contribution < 1.29 is 13.5 Å². The van der Waals surface area contributed by atoms with Crippen LogP contribution < -0.4 is 4.72 Å². The number of aliphatic hydroxyl groups is 1. The predicted octanol–water partition coefficient (Wildman–Crippen LogP) is 0.650. The molecule has 0 saturated heterocycles. The van der Waals surface area contributed by atoms with Gasteiger partial charge in [-0.2, -0.15) is 0 Å². The molecule has 0 fully saturated rings. The third kappa shape index (κ3) is 6.27. The van der Waals surface area contributed by atoms with Crippen molar-refractivity contribution in [3.63, 3.8) is 0 Å². The van der Waals surface area contributed by atoms with Gasteiger partial charge < -0.3 is 10.0 Å². The van der Waals surface area contributed by atoms with Crippen LogP contribution in [-0.2, 0) is 10.0 Å². The number of rotatable bonds is 7. The predicted molar refractivity (Wildman–Crippen MR) is 83.4 cm³/mol. The Hall–Kier alpha value is -1.39. The summed E-state index contributed by atoms with van der Waals surface area (Å²) in [6, 6.07) is 6.62. The molecule has 21 heavy (non-hydrogen) atoms. The van der Waals surface area contributed by atoms with Crippen molar-refractivity contribution in [3.05, 3.63) is 29.8 Å². The van der Waals surface area contributed by atoms with E-state index in [-0.39, 0.29) is 11.5 Å². The SMILES string of the molecule is CN(C)CCCNS(=O)(=O)c1ccccc1C#CCCO. The van der Waals surface area contributed by atoms with E-state index in [1.807, 2.05) is 19.0 Å². The normalized spacial score (nSPS) is 11.2. The van der Waals surface area contributed by atoms with Crippen molar-refractivity contribution in [1.82, 2.24) is 9.62 Å². The zero-order chi connectivity index (χ0) is 15.7. The smallest absolute Gasteiger partial charge is 0.241 e. The topological polar surface area (TPSA) is 69.6 Å². The standard InChI is InChI=1S/C15H22N2O3S/c1-17(2)12-7-11-16-21(19,20)15-10-4-3-8-14(15)9-5-6-13-18/h3-4,8,10,16,18H,6-7,11-13H2,1-2H3. The lowest BCUT2D eigenvalue weighted by molar-refractivity contribution is 0.305. The van der Waals surface area contributed by atoms with Crippen molar-refractivity contribution in [2.24, 2.45) is 0 Å². The second kappa shape index (κ2) is 8.80. The molecule has 0 amide bonds. The molecular formula is C15H22N2O3S. The van der Waals surface area contributed by atoms with Gasteiger partial charge in [0.1, 0.15) is 0 Å². The van der Waals surface area contributed by atoms with Crippen LogP contribution in [0.5, 0.6) is 0 Å². The zero-order valence-electron chi connectivity index (χ0n) is 12.5. The summed E-state index contributed by atoms with van der Waals surface area (Å²) in [5, 5.41) is 8.72. The van der Waals surface area contributed by atoms with E-state index in [4.69, 9.17) is 5.11 Å². The van der Waals surface area contributed by atoms with Crippen LogP contribution in [0.2, 0.25) is 0 Å². The molecule has 5 nitrogen and oxygen atoms in total. The highest BCUT2D eigenvalue weighted by molar-refractivity contribution is 7.89. The van der Waals surface area contributed by atoms with Crippen molar-refractivity contribution >= 4 is 10.0 Å². The van der Waals surface area contributed by atoms with Gasteiger partial charge in [-0.15, -0.1) is 0 Å². The molecule has 0 aromatic heterocycles. The molecule has 0 spiro atoms. The minimum Gasteiger partial charge on any atom is -0.395 e. The van der Waals surface area contributed by atoms with E-state index in [0.717, 1.165) is 13.0 Å². The summed E-state index contributed by atoms with van der Waals surface area (Å²) in [6.45, 7) is 1.17. The molecule has 0 radical (unpaired) electrons. The van der Waals surface area contributed by atoms with Gasteiger partial charge in [0.2, 0.25) is 10.0 Å². The van der Waals surface area contributed by atoms with E-state index < -0.39 is 10.0 Å². The number of hydrogen-bond acceptors (Lipinski definition) is 4. The van der Waals surface area contributed by atoms with Crippen LogP contribution in [0, 0.1) is 11.8 Å². The highest BCUT2D eigenvalue weighted by Gasteiger charge is 2.16. The van der Waals surface area contributed by atoms with Crippen molar-refractivity contribution in [3.8, 4) is 11.8 Å². The van der Waals surface area contributed by atoms with Gasteiger partial charge in [0.25, 0.3) is 0 Å². The van der Waals surface area contributed by atoms with E-state index in [0.29, 0.717) is 18.5 Å². The minimum absolute atomic E-state index is 0.0370. The lowest BCUT2D eigenvalue weighted by Gasteiger charge is -2.11. The third-order valence-corrected chi connectivity index (χ3v) is 4.23. The Morgan fingerprint density at radius 1 is 1.29 bits per heavy atom. The highest BCUT2D eigenvalue weighted by Crippen LogP contribution is 2.14. The van der Waals surface area contributed by atoms with E-state index >= 15 is 0 Å². The summed E-state index contributed by atoms with van der Waals surface area (Å²) in [5.41, 5.74) is 0.450. The Bertz CT molecular complexity index is 601. The average molecular weight is 310 g/mol. The van der Waals surface area contributed by atoms with Gasteiger partial charge >= 0.3 is 0 Å². The first kappa shape index (κ1) is 17.7. The maximum absolute atomic E-state index is 12.3. The lowest BCUT2D eigenvalue weighted by Crippen LogP contribution is -2.27. The lowest BCUT2D eigenvalue weighted by atomic mass is 10.2. The van der Waals surface area contributed by atoms with Gasteiger partial charge in [0, 0.05) is 18.5 Å². The van der Waals surface area contributed by atoms with Crippen molar-refractivity contribution in [2.45, 2.75) is 17.7 Å². The van der Waals surface area contributed by atoms with Crippen LogP contribution in [0.4, 0.5) is 0 Å². The van der Waals surface area contributed by atoms with Crippen molar-refractivity contribution in [2.75, 3.05) is 33.8 Å². The summed E-state index contributed by atoms with van der Waals surface area (Å²) in [4.78, 5) is 2.18. The first-order chi connectivity index (χ1) is 9.97. The van der Waals surface area contributed by atoms with E-state index in [9.17, 15) is 8.42 Å². The Balaban J connectivity index is 2.81. The zero-order valence-corrected chi connectivity index (χ0v) is 13.3. The molecule has 0 heterocycles. The third-order valence-electron chi connectivity index (χ3n) is 2.71. The van der Waals surface area contributed by atoms with E-state index in [1.54, 1.807) is 18.2 Å². The Labute approximate surface area is 127 Å². The second-order valence-electron chi connectivity index (χ2n) is 4.83. The molecule has 1 rings (SSSR count). The minimum atomic E-state index is -3.56. The monoisotopic (exact) mass is 310 g/mol. The Morgan fingerprint density at radius 2 is 2.00 bits per heavy atom. The molecule has 2 N–H and O–H groups in total. The van der Waals surface area contributed by atoms with Crippen LogP contribution in [0.3, 0.4) is 0 Å². The van der Waals surface area contributed by atoms with E-state index in [1.165, 1.54) is 6.07 Å². The molecule has 0 bridgehead atoms. The molecule has 0 aliphatic rings. The number of benzene rings is 1. The molecular weight excluding hydrogens is 288 g/mol. The molecule has 1 aromatic carbocycles. The molecule has 0 aliphatic heterocycles. The van der Waals surface area contributed by atoms with Crippen LogP contribution in [0.1, 0.15) is 18.4 Å². The Kier molecular flexibility index (Phi) is 7.40. The first-order valence-electron chi connectivity index (χ1n) is 6.80. The van der Waals surface area contributed by atoms with Gasteiger partial charge in [0.15, 0.2) is 0 Å². The van der Waals surface area contributed by atoms with Crippen LogP contribution in [-0.4, -0.2) is 52.2 Å². The number of hydrogen-bond donors (Lipinski definition) is 2. The largest absolute Gasteiger partial charge is 0.395 e. The average Bonchev–Trinajstić information content (AvgIpc) is 2.44. The molecule has 1 aromatic rings. The van der Waals surface area contributed by atoms with Gasteiger partial charge in [-0.25, -0.2) is 13.1 Å². The quantitative estimate of drug-likeness (QED) is 0.573. The fourth-order valence-corrected chi connectivity index (χ4v) is 2.93. The number of nitrogens with zero attached hydrogens (tertiary/aromatic N) is 1. The number of nitrogens with one attached hydrogen (secondary N) is 1. The summed E-state index contributed by atoms with van der Waals surface area (Å²) >= 11 is 0. The fourth-order valence-electron chi connectivity index (χ4n) is 1.70. The molecule has 0 unspecified atom stereocenters. The molecule has 0 atom stereocenters. The van der Waals surface area contributed by atoms with Gasteiger partial charge in [-0.1, -0.05) is 24.0 Å². The van der Waals surface area contributed by atoms with Gasteiger partial charge in [-0.05, 0) is 39.2 Å². The molecule has 6 heteroatoms. The van der Waals surface area contributed by atoms with Crippen LogP contribution in [0.15, 0.2) is 29.2 Å². The fraction of sp³-hybridized carbons (Fsp3) is 0.467. The van der Waals surface area contributed by atoms with Gasteiger partial charge in [0.05, 0.1) is 11.5 Å². The van der Waals surface area contributed by atoms with Crippen molar-refractivity contribution in [1.29, 1.82) is 0 Å². The summed E-state index contributed by atoms with van der Waals surface area (Å²) in [7, 11) is 0.330. The van der Waals surface area contributed by atoms with Crippen LogP contribution >= 0.6 is 0 Å². The summed E-state index contributed by atoms with van der Waals surface area (Å²) in [5.74, 6) is 5.54. The van der Waals surface area contributed by atoms with E-state index in [2.05, 4.69) is 16.6 Å². The molecule has 0 aliphatic carbocycles. The highest BCUT2D eigenvalue weighted by atomic mass is 32.2.